The third-order valence-electron chi connectivity index (χ3n) is 1.08. The average molecular weight is 179 g/mol. The van der Waals surface area contributed by atoms with Gasteiger partial charge in [0, 0.05) is 10.3 Å². The Morgan fingerprint density at radius 2 is 2.10 bits per heavy atom. The van der Waals surface area contributed by atoms with Crippen molar-refractivity contribution in [3.8, 4) is 0 Å². The summed E-state index contributed by atoms with van der Waals surface area (Å²) >= 11 is 11.1. The molecule has 0 unspecified atom stereocenters. The van der Waals surface area contributed by atoms with Crippen molar-refractivity contribution in [2.45, 2.75) is 6.92 Å². The maximum absolute atomic E-state index is 8.98. The molecule has 1 aromatic rings. The topological polar surface area (TPSA) is 24.1 Å². The molecule has 1 heterocycles. The molecule has 0 spiro atoms. The highest BCUT2D eigenvalue weighted by molar-refractivity contribution is 6.40. The van der Waals surface area contributed by atoms with Gasteiger partial charge in [0.25, 0.3) is 0 Å². The molecule has 0 aliphatic carbocycles. The Bertz CT molecular complexity index is 239. The van der Waals surface area contributed by atoms with Crippen LogP contribution in [0.5, 0.6) is 0 Å². The molecule has 0 aromatic carbocycles. The Morgan fingerprint density at radius 3 is 2.60 bits per heavy atom. The zero-order valence-corrected chi connectivity index (χ0v) is 6.82. The SMILES string of the molecule is Cc1cc(Cl)c(Cl)[n+](O)c1. The van der Waals surface area contributed by atoms with Gasteiger partial charge in [-0.1, -0.05) is 11.6 Å². The van der Waals surface area contributed by atoms with E-state index in [1.54, 1.807) is 6.07 Å². The van der Waals surface area contributed by atoms with Crippen molar-refractivity contribution < 1.29 is 9.94 Å². The van der Waals surface area contributed by atoms with E-state index in [1.807, 2.05) is 6.92 Å². The fourth-order valence-corrected chi connectivity index (χ4v) is 1.02. The van der Waals surface area contributed by atoms with E-state index in [2.05, 4.69) is 0 Å². The number of halogens is 2. The van der Waals surface area contributed by atoms with Crippen molar-refractivity contribution in [1.82, 2.24) is 0 Å². The molecule has 4 heteroatoms. The number of pyridine rings is 1. The maximum Gasteiger partial charge on any atom is 0.343 e. The van der Waals surface area contributed by atoms with Crippen LogP contribution in [0.15, 0.2) is 12.3 Å². The van der Waals surface area contributed by atoms with Crippen LogP contribution in [-0.4, -0.2) is 5.21 Å². The normalized spacial score (nSPS) is 9.90. The minimum Gasteiger partial charge on any atom is -0.284 e. The number of aromatic nitrogens is 1. The second-order valence-corrected chi connectivity index (χ2v) is 2.77. The van der Waals surface area contributed by atoms with Crippen LogP contribution in [0, 0.1) is 6.92 Å². The molecule has 0 bridgehead atoms. The van der Waals surface area contributed by atoms with Crippen LogP contribution in [0.4, 0.5) is 0 Å². The third kappa shape index (κ3) is 1.33. The first-order valence-electron chi connectivity index (χ1n) is 2.68. The molecule has 54 valence electrons. The fraction of sp³-hybridized carbons (Fsp3) is 0.167. The van der Waals surface area contributed by atoms with Gasteiger partial charge in [-0.15, -0.1) is 0 Å². The molecule has 0 radical (unpaired) electrons. The van der Waals surface area contributed by atoms with Gasteiger partial charge in [-0.05, 0) is 24.6 Å². The summed E-state index contributed by atoms with van der Waals surface area (Å²) in [6.45, 7) is 1.81. The third-order valence-corrected chi connectivity index (χ3v) is 1.84. The second-order valence-electron chi connectivity index (χ2n) is 2.00. The predicted octanol–water partition coefficient (Wildman–Crippen LogP) is 1.83. The van der Waals surface area contributed by atoms with Gasteiger partial charge < -0.3 is 0 Å². The summed E-state index contributed by atoms with van der Waals surface area (Å²) in [7, 11) is 0. The molecule has 1 N–H and O–H groups in total. The lowest BCUT2D eigenvalue weighted by Crippen LogP contribution is -2.31. The molecular weight excluding hydrogens is 173 g/mol. The monoisotopic (exact) mass is 178 g/mol. The van der Waals surface area contributed by atoms with Gasteiger partial charge in [0.1, 0.15) is 5.02 Å². The number of hydrogen-bond donors (Lipinski definition) is 1. The molecule has 0 fully saturated rings. The first kappa shape index (κ1) is 7.63. The number of rotatable bonds is 0. The molecule has 0 aliphatic heterocycles. The van der Waals surface area contributed by atoms with Crippen molar-refractivity contribution in [2.24, 2.45) is 0 Å². The van der Waals surface area contributed by atoms with Crippen LogP contribution in [-0.2, 0) is 0 Å². The maximum atomic E-state index is 8.98. The van der Waals surface area contributed by atoms with Gasteiger partial charge in [-0.3, -0.25) is 5.21 Å². The van der Waals surface area contributed by atoms with Crippen LogP contribution in [0.1, 0.15) is 5.56 Å². The van der Waals surface area contributed by atoms with Crippen LogP contribution >= 0.6 is 23.2 Å². The summed E-state index contributed by atoms with van der Waals surface area (Å²) in [6.07, 6.45) is 1.48. The van der Waals surface area contributed by atoms with Crippen molar-refractivity contribution in [1.29, 1.82) is 0 Å². The fourth-order valence-electron chi connectivity index (χ4n) is 0.656. The van der Waals surface area contributed by atoms with Crippen LogP contribution in [0.3, 0.4) is 0 Å². The van der Waals surface area contributed by atoms with E-state index in [0.29, 0.717) is 5.02 Å². The second kappa shape index (κ2) is 2.64. The Labute approximate surface area is 68.6 Å². The molecule has 1 rings (SSSR count). The summed E-state index contributed by atoms with van der Waals surface area (Å²) in [5.41, 5.74) is 0.858. The highest BCUT2D eigenvalue weighted by Gasteiger charge is 2.12. The largest absolute Gasteiger partial charge is 0.343 e. The summed E-state index contributed by atoms with van der Waals surface area (Å²) in [5, 5.41) is 9.46. The lowest BCUT2D eigenvalue weighted by Gasteiger charge is -1.91. The molecule has 2 nitrogen and oxygen atoms in total. The highest BCUT2D eigenvalue weighted by Crippen LogP contribution is 2.17. The summed E-state index contributed by atoms with van der Waals surface area (Å²) in [6, 6.07) is 1.68. The number of hydrogen-bond acceptors (Lipinski definition) is 1. The lowest BCUT2D eigenvalue weighted by molar-refractivity contribution is -0.903. The minimum atomic E-state index is 0.132. The Hall–Kier alpha value is -0.470. The van der Waals surface area contributed by atoms with Gasteiger partial charge in [0.15, 0.2) is 0 Å². The Kier molecular flexibility index (Phi) is 2.02. The molecule has 0 amide bonds. The van der Waals surface area contributed by atoms with Gasteiger partial charge in [0.2, 0.25) is 6.20 Å². The van der Waals surface area contributed by atoms with Crippen molar-refractivity contribution in [3.63, 3.8) is 0 Å². The summed E-state index contributed by atoms with van der Waals surface area (Å²) in [5.74, 6) is 0. The van der Waals surface area contributed by atoms with E-state index in [9.17, 15) is 0 Å². The van der Waals surface area contributed by atoms with E-state index in [0.717, 1.165) is 10.3 Å². The molecule has 0 atom stereocenters. The van der Waals surface area contributed by atoms with Gasteiger partial charge in [-0.25, -0.2) is 0 Å². The van der Waals surface area contributed by atoms with Gasteiger partial charge in [-0.2, -0.15) is 0 Å². The molecular formula is C6H6Cl2NO+. The highest BCUT2D eigenvalue weighted by atomic mass is 35.5. The van der Waals surface area contributed by atoms with E-state index in [1.165, 1.54) is 6.20 Å². The van der Waals surface area contributed by atoms with Gasteiger partial charge in [0.05, 0.1) is 0 Å². The average Bonchev–Trinajstić information content (AvgIpc) is 1.82. The van der Waals surface area contributed by atoms with E-state index >= 15 is 0 Å². The lowest BCUT2D eigenvalue weighted by atomic mass is 10.3. The van der Waals surface area contributed by atoms with Crippen LogP contribution < -0.4 is 4.73 Å². The zero-order chi connectivity index (χ0) is 7.72. The standard InChI is InChI=1S/C6H6Cl2NO/c1-4-2-5(7)6(8)9(10)3-4/h2-3,10H,1H3/q+1. The summed E-state index contributed by atoms with van der Waals surface area (Å²) in [4.78, 5) is 0. The van der Waals surface area contributed by atoms with Crippen LogP contribution in [0.25, 0.3) is 0 Å². The summed E-state index contributed by atoms with van der Waals surface area (Å²) < 4.78 is 0.791. The van der Waals surface area contributed by atoms with E-state index < -0.39 is 0 Å². The zero-order valence-electron chi connectivity index (χ0n) is 5.31. The Balaban J connectivity index is 3.31. The van der Waals surface area contributed by atoms with Crippen LogP contribution in [0.2, 0.25) is 10.2 Å². The predicted molar refractivity (Wildman–Crippen MR) is 38.6 cm³/mol. The van der Waals surface area contributed by atoms with E-state index in [4.69, 9.17) is 28.4 Å². The molecule has 0 saturated carbocycles. The smallest absolute Gasteiger partial charge is 0.284 e. The number of nitrogens with zero attached hydrogens (tertiary/aromatic N) is 1. The Morgan fingerprint density at radius 1 is 1.50 bits per heavy atom. The van der Waals surface area contributed by atoms with Crippen molar-refractivity contribution in [2.75, 3.05) is 0 Å². The quantitative estimate of drug-likeness (QED) is 0.366. The van der Waals surface area contributed by atoms with E-state index in [-0.39, 0.29) is 5.15 Å². The molecule has 0 aliphatic rings. The first-order valence-corrected chi connectivity index (χ1v) is 3.43. The van der Waals surface area contributed by atoms with Gasteiger partial charge >= 0.3 is 5.15 Å². The first-order chi connectivity index (χ1) is 4.61. The number of aryl methyl sites for hydroxylation is 1. The molecule has 10 heavy (non-hydrogen) atoms. The van der Waals surface area contributed by atoms with Crippen molar-refractivity contribution in [3.05, 3.63) is 28.0 Å². The minimum absolute atomic E-state index is 0.132. The van der Waals surface area contributed by atoms with Crippen molar-refractivity contribution >= 4 is 23.2 Å². The molecule has 0 saturated heterocycles. The molecule has 1 aromatic heterocycles.